The van der Waals surface area contributed by atoms with Crippen molar-refractivity contribution >= 4 is 27.3 Å². The second-order valence-corrected chi connectivity index (χ2v) is 6.47. The molecule has 21 heavy (non-hydrogen) atoms. The molecular weight excluding hydrogens is 384 g/mol. The predicted octanol–water partition coefficient (Wildman–Crippen LogP) is 5.16. The van der Waals surface area contributed by atoms with Crippen molar-refractivity contribution in [3.05, 3.63) is 20.8 Å². The molecular formula is C12H14BrF6NS. The smallest absolute Gasteiger partial charge is 0.313 e. The molecule has 0 aliphatic heterocycles. The topological polar surface area (TPSA) is 12.0 Å². The Labute approximate surface area is 130 Å². The van der Waals surface area contributed by atoms with Gasteiger partial charge in [-0.1, -0.05) is 6.92 Å². The molecule has 0 saturated heterocycles. The first-order valence-electron chi connectivity index (χ1n) is 6.15. The molecule has 0 aliphatic rings. The molecule has 0 aromatic carbocycles. The summed E-state index contributed by atoms with van der Waals surface area (Å²) in [7, 11) is 0. The van der Waals surface area contributed by atoms with E-state index >= 15 is 0 Å². The first kappa shape index (κ1) is 18.8. The van der Waals surface area contributed by atoms with Gasteiger partial charge in [-0.3, -0.25) is 0 Å². The molecule has 1 aromatic heterocycles. The van der Waals surface area contributed by atoms with Crippen molar-refractivity contribution in [3.63, 3.8) is 0 Å². The summed E-state index contributed by atoms with van der Waals surface area (Å²) in [5.41, 5.74) is 0. The molecule has 0 bridgehead atoms. The van der Waals surface area contributed by atoms with Gasteiger partial charge in [-0.05, 0) is 41.4 Å². The van der Waals surface area contributed by atoms with Crippen LogP contribution in [0.2, 0.25) is 0 Å². The second-order valence-electron chi connectivity index (χ2n) is 4.56. The van der Waals surface area contributed by atoms with Crippen LogP contribution in [0.5, 0.6) is 0 Å². The lowest BCUT2D eigenvalue weighted by Gasteiger charge is -2.31. The lowest BCUT2D eigenvalue weighted by molar-refractivity contribution is -0.291. The van der Waals surface area contributed by atoms with E-state index < -0.39 is 24.3 Å². The Bertz CT molecular complexity index is 428. The van der Waals surface area contributed by atoms with E-state index in [0.717, 1.165) is 11.3 Å². The Morgan fingerprint density at radius 2 is 1.76 bits per heavy atom. The summed E-state index contributed by atoms with van der Waals surface area (Å²) in [6.45, 7) is 1.78. The van der Waals surface area contributed by atoms with E-state index in [1.807, 2.05) is 0 Å². The third-order valence-corrected chi connectivity index (χ3v) is 4.53. The maximum absolute atomic E-state index is 12.8. The molecule has 0 saturated carbocycles. The van der Waals surface area contributed by atoms with E-state index in [9.17, 15) is 26.3 Å². The zero-order chi connectivity index (χ0) is 16.3. The lowest BCUT2D eigenvalue weighted by Crippen LogP contribution is -2.52. The minimum absolute atomic E-state index is 0.0971. The highest BCUT2D eigenvalue weighted by Gasteiger charge is 2.59. The first-order valence-corrected chi connectivity index (χ1v) is 7.82. The standard InChI is InChI=1S/C12H14BrF6NS/c1-2-3-20-9(5-8-4-7(13)6-21-8)10(11(14,15)16)12(17,18)19/h4,6,9-10,20H,2-3,5H2,1H3. The molecule has 1 N–H and O–H groups in total. The zero-order valence-electron chi connectivity index (χ0n) is 11.0. The molecule has 1 unspecified atom stereocenters. The highest BCUT2D eigenvalue weighted by Crippen LogP contribution is 2.42. The van der Waals surface area contributed by atoms with Crippen LogP contribution < -0.4 is 5.32 Å². The van der Waals surface area contributed by atoms with Gasteiger partial charge in [0.2, 0.25) is 0 Å². The molecule has 0 radical (unpaired) electrons. The largest absolute Gasteiger partial charge is 0.402 e. The Balaban J connectivity index is 3.02. The van der Waals surface area contributed by atoms with Crippen molar-refractivity contribution in [2.45, 2.75) is 38.2 Å². The predicted molar refractivity (Wildman–Crippen MR) is 73.4 cm³/mol. The van der Waals surface area contributed by atoms with Gasteiger partial charge >= 0.3 is 12.4 Å². The van der Waals surface area contributed by atoms with E-state index in [4.69, 9.17) is 0 Å². The summed E-state index contributed by atoms with van der Waals surface area (Å²) >= 11 is 4.26. The molecule has 1 aromatic rings. The quantitative estimate of drug-likeness (QED) is 0.653. The van der Waals surface area contributed by atoms with Gasteiger partial charge in [0.1, 0.15) is 0 Å². The van der Waals surface area contributed by atoms with Gasteiger partial charge in [0.05, 0.1) is 0 Å². The van der Waals surface area contributed by atoms with Crippen molar-refractivity contribution in [1.29, 1.82) is 0 Å². The van der Waals surface area contributed by atoms with Gasteiger partial charge in [0, 0.05) is 20.8 Å². The van der Waals surface area contributed by atoms with E-state index in [2.05, 4.69) is 21.2 Å². The van der Waals surface area contributed by atoms with Crippen molar-refractivity contribution < 1.29 is 26.3 Å². The van der Waals surface area contributed by atoms with Crippen LogP contribution in [0.4, 0.5) is 26.3 Å². The second kappa shape index (κ2) is 7.32. The molecule has 1 rings (SSSR count). The maximum Gasteiger partial charge on any atom is 0.402 e. The van der Waals surface area contributed by atoms with Crippen LogP contribution in [0.25, 0.3) is 0 Å². The monoisotopic (exact) mass is 397 g/mol. The van der Waals surface area contributed by atoms with Crippen LogP contribution in [0.15, 0.2) is 15.9 Å². The summed E-state index contributed by atoms with van der Waals surface area (Å²) in [5.74, 6) is -3.38. The van der Waals surface area contributed by atoms with Gasteiger partial charge in [-0.2, -0.15) is 26.3 Å². The summed E-state index contributed by atoms with van der Waals surface area (Å²) < 4.78 is 77.7. The van der Waals surface area contributed by atoms with Crippen LogP contribution in [0, 0.1) is 5.92 Å². The molecule has 1 heterocycles. The molecule has 0 aliphatic carbocycles. The van der Waals surface area contributed by atoms with Crippen molar-refractivity contribution in [1.82, 2.24) is 5.32 Å². The highest BCUT2D eigenvalue weighted by molar-refractivity contribution is 9.10. The normalized spacial score (nSPS) is 14.7. The average Bonchev–Trinajstić information content (AvgIpc) is 2.67. The average molecular weight is 398 g/mol. The Kier molecular flexibility index (Phi) is 6.54. The molecule has 122 valence electrons. The Morgan fingerprint density at radius 1 is 1.19 bits per heavy atom. The van der Waals surface area contributed by atoms with Crippen LogP contribution >= 0.6 is 27.3 Å². The lowest BCUT2D eigenvalue weighted by atomic mass is 9.94. The van der Waals surface area contributed by atoms with E-state index in [0.29, 0.717) is 15.8 Å². The molecule has 9 heteroatoms. The number of rotatable bonds is 6. The Morgan fingerprint density at radius 3 is 2.14 bits per heavy atom. The minimum Gasteiger partial charge on any atom is -0.313 e. The van der Waals surface area contributed by atoms with Gasteiger partial charge in [0.25, 0.3) is 0 Å². The van der Waals surface area contributed by atoms with E-state index in [1.165, 1.54) is 6.07 Å². The summed E-state index contributed by atoms with van der Waals surface area (Å²) in [4.78, 5) is 0.467. The summed E-state index contributed by atoms with van der Waals surface area (Å²) in [5, 5.41) is 4.02. The number of alkyl halides is 6. The van der Waals surface area contributed by atoms with Crippen LogP contribution in [-0.4, -0.2) is 24.9 Å². The zero-order valence-corrected chi connectivity index (χ0v) is 13.4. The number of halogens is 7. The Hall–Kier alpha value is -0.280. The third kappa shape index (κ3) is 5.78. The van der Waals surface area contributed by atoms with Crippen LogP contribution in [0.3, 0.4) is 0 Å². The molecule has 0 spiro atoms. The fraction of sp³-hybridized carbons (Fsp3) is 0.667. The van der Waals surface area contributed by atoms with Gasteiger partial charge in [-0.25, -0.2) is 0 Å². The SMILES string of the molecule is CCCNC(Cc1cc(Br)cs1)C(C(F)(F)F)C(F)(F)F. The third-order valence-electron chi connectivity index (χ3n) is 2.81. The molecule has 0 fully saturated rings. The number of nitrogens with one attached hydrogen (secondary N) is 1. The molecule has 0 amide bonds. The van der Waals surface area contributed by atoms with Crippen LogP contribution in [0.1, 0.15) is 18.2 Å². The fourth-order valence-corrected chi connectivity index (χ4v) is 3.47. The molecule has 1 nitrogen and oxygen atoms in total. The van der Waals surface area contributed by atoms with Crippen molar-refractivity contribution in [2.24, 2.45) is 5.92 Å². The maximum atomic E-state index is 12.8. The van der Waals surface area contributed by atoms with Gasteiger partial charge < -0.3 is 5.32 Å². The fourth-order valence-electron chi connectivity index (χ4n) is 1.96. The molecule has 1 atom stereocenters. The summed E-state index contributed by atoms with van der Waals surface area (Å²) in [6, 6.07) is -0.190. The van der Waals surface area contributed by atoms with E-state index in [-0.39, 0.29) is 13.0 Å². The number of hydrogen-bond acceptors (Lipinski definition) is 2. The first-order chi connectivity index (χ1) is 9.55. The van der Waals surface area contributed by atoms with E-state index in [1.54, 1.807) is 12.3 Å². The van der Waals surface area contributed by atoms with Gasteiger partial charge in [0.15, 0.2) is 5.92 Å². The minimum atomic E-state index is -5.34. The highest BCUT2D eigenvalue weighted by atomic mass is 79.9. The number of thiophene rings is 1. The summed E-state index contributed by atoms with van der Waals surface area (Å²) in [6.07, 6.45) is -10.5. The van der Waals surface area contributed by atoms with Crippen LogP contribution in [-0.2, 0) is 6.42 Å². The van der Waals surface area contributed by atoms with Gasteiger partial charge in [-0.15, -0.1) is 11.3 Å². The van der Waals surface area contributed by atoms with Crippen molar-refractivity contribution in [2.75, 3.05) is 6.54 Å². The van der Waals surface area contributed by atoms with Crippen molar-refractivity contribution in [3.8, 4) is 0 Å². The number of hydrogen-bond donors (Lipinski definition) is 1.